The molecule has 8 aromatic rings. The second-order valence-electron chi connectivity index (χ2n) is 10.2. The van der Waals surface area contributed by atoms with Gasteiger partial charge >= 0.3 is 0 Å². The lowest BCUT2D eigenvalue weighted by molar-refractivity contribution is 1.19. The van der Waals surface area contributed by atoms with E-state index in [4.69, 9.17) is 9.97 Å². The predicted octanol–water partition coefficient (Wildman–Crippen LogP) is 10.1. The van der Waals surface area contributed by atoms with E-state index in [2.05, 4.69) is 140 Å². The molecule has 0 bridgehead atoms. The smallest absolute Gasteiger partial charge is 0.161 e. The van der Waals surface area contributed by atoms with E-state index in [0.717, 1.165) is 44.7 Å². The van der Waals surface area contributed by atoms with Gasteiger partial charge in [-0.2, -0.15) is 0 Å². The minimum atomic E-state index is 0.738. The minimum Gasteiger partial charge on any atom is -0.228 e. The molecular weight excluding hydrogens is 484 g/mol. The van der Waals surface area contributed by atoms with Gasteiger partial charge in [0.05, 0.1) is 11.4 Å². The molecule has 0 fully saturated rings. The van der Waals surface area contributed by atoms with Crippen LogP contribution >= 0.6 is 0 Å². The highest BCUT2D eigenvalue weighted by Gasteiger charge is 2.17. The van der Waals surface area contributed by atoms with Crippen molar-refractivity contribution in [3.8, 4) is 33.9 Å². The number of rotatable bonds is 3. The molecule has 0 aliphatic carbocycles. The number of hydrogen-bond donors (Lipinski definition) is 0. The average molecular weight is 509 g/mol. The van der Waals surface area contributed by atoms with Crippen molar-refractivity contribution in [2.75, 3.05) is 0 Å². The summed E-state index contributed by atoms with van der Waals surface area (Å²) in [5.74, 6) is 0.738. The maximum absolute atomic E-state index is 5.28. The summed E-state index contributed by atoms with van der Waals surface area (Å²) >= 11 is 0. The van der Waals surface area contributed by atoms with Crippen LogP contribution in [0, 0.1) is 0 Å². The molecule has 1 heterocycles. The number of nitrogens with zero attached hydrogens (tertiary/aromatic N) is 2. The van der Waals surface area contributed by atoms with E-state index in [1.807, 2.05) is 6.07 Å². The second kappa shape index (κ2) is 9.14. The highest BCUT2D eigenvalue weighted by molar-refractivity contribution is 6.19. The van der Waals surface area contributed by atoms with Crippen molar-refractivity contribution in [2.45, 2.75) is 0 Å². The molecule has 0 aliphatic heterocycles. The van der Waals surface area contributed by atoms with E-state index in [1.54, 1.807) is 0 Å². The van der Waals surface area contributed by atoms with E-state index in [9.17, 15) is 0 Å². The molecule has 7 aromatic carbocycles. The van der Waals surface area contributed by atoms with Gasteiger partial charge < -0.3 is 0 Å². The van der Waals surface area contributed by atoms with Crippen LogP contribution in [-0.4, -0.2) is 9.97 Å². The maximum Gasteiger partial charge on any atom is 0.161 e. The summed E-state index contributed by atoms with van der Waals surface area (Å²) in [6.07, 6.45) is 0. The van der Waals surface area contributed by atoms with Crippen molar-refractivity contribution in [3.63, 3.8) is 0 Å². The zero-order valence-corrected chi connectivity index (χ0v) is 21.8. The lowest BCUT2D eigenvalue weighted by Gasteiger charge is -2.15. The molecule has 0 aliphatic rings. The van der Waals surface area contributed by atoms with E-state index in [1.165, 1.54) is 32.3 Å². The molecule has 8 rings (SSSR count). The van der Waals surface area contributed by atoms with Crippen molar-refractivity contribution >= 4 is 43.1 Å². The van der Waals surface area contributed by atoms with Crippen LogP contribution in [0.3, 0.4) is 0 Å². The molecule has 0 spiro atoms. The highest BCUT2D eigenvalue weighted by atomic mass is 14.9. The van der Waals surface area contributed by atoms with Crippen LogP contribution in [-0.2, 0) is 0 Å². The third-order valence-corrected chi connectivity index (χ3v) is 7.83. The highest BCUT2D eigenvalue weighted by Crippen LogP contribution is 2.39. The summed E-state index contributed by atoms with van der Waals surface area (Å²) in [6, 6.07) is 51.5. The Hall–Kier alpha value is -5.34. The van der Waals surface area contributed by atoms with Gasteiger partial charge in [-0.3, -0.25) is 0 Å². The number of hydrogen-bond acceptors (Lipinski definition) is 2. The topological polar surface area (TPSA) is 25.8 Å². The van der Waals surface area contributed by atoms with Gasteiger partial charge in [-0.05, 0) is 61.3 Å². The first-order valence-electron chi connectivity index (χ1n) is 13.6. The first-order valence-corrected chi connectivity index (χ1v) is 13.6. The standard InChI is InChI=1S/C38H24N2/c1-2-12-27(13-3-1)35-24-36(30-19-18-25-10-4-5-14-28(25)22-30)40-38(39-35)37-32-17-9-7-15-29(32)23-34-31-16-8-6-11-26(31)20-21-33(34)37/h1-24H. The Bertz CT molecular complexity index is 2210. The van der Waals surface area contributed by atoms with Crippen molar-refractivity contribution in [2.24, 2.45) is 0 Å². The van der Waals surface area contributed by atoms with Crippen LogP contribution in [0.4, 0.5) is 0 Å². The van der Waals surface area contributed by atoms with Crippen molar-refractivity contribution in [3.05, 3.63) is 146 Å². The molecule has 0 N–H and O–H groups in total. The molecule has 2 heteroatoms. The number of aromatic nitrogens is 2. The third kappa shape index (κ3) is 3.73. The Morgan fingerprint density at radius 3 is 1.77 bits per heavy atom. The Morgan fingerprint density at radius 2 is 0.950 bits per heavy atom. The SMILES string of the molecule is c1ccc(-c2cc(-c3ccc4ccccc4c3)nc(-c3c4ccccc4cc4c3ccc3ccccc34)n2)cc1. The van der Waals surface area contributed by atoms with Gasteiger partial charge in [0, 0.05) is 16.7 Å². The molecule has 2 nitrogen and oxygen atoms in total. The molecule has 0 amide bonds. The zero-order valence-electron chi connectivity index (χ0n) is 21.8. The zero-order chi connectivity index (χ0) is 26.5. The molecule has 0 saturated carbocycles. The Morgan fingerprint density at radius 1 is 0.325 bits per heavy atom. The molecule has 0 atom stereocenters. The maximum atomic E-state index is 5.28. The van der Waals surface area contributed by atoms with Crippen molar-refractivity contribution < 1.29 is 0 Å². The summed E-state index contributed by atoms with van der Waals surface area (Å²) in [4.78, 5) is 10.5. The van der Waals surface area contributed by atoms with Gasteiger partial charge in [-0.25, -0.2) is 9.97 Å². The summed E-state index contributed by atoms with van der Waals surface area (Å²) in [5, 5.41) is 9.59. The largest absolute Gasteiger partial charge is 0.228 e. The normalized spacial score (nSPS) is 11.5. The van der Waals surface area contributed by atoms with Crippen molar-refractivity contribution in [1.29, 1.82) is 0 Å². The van der Waals surface area contributed by atoms with Gasteiger partial charge in [0.15, 0.2) is 5.82 Å². The first-order chi connectivity index (χ1) is 19.8. The van der Waals surface area contributed by atoms with Gasteiger partial charge in [-0.15, -0.1) is 0 Å². The van der Waals surface area contributed by atoms with Crippen LogP contribution in [0.1, 0.15) is 0 Å². The van der Waals surface area contributed by atoms with E-state index in [-0.39, 0.29) is 0 Å². The lowest BCUT2D eigenvalue weighted by atomic mass is 9.92. The third-order valence-electron chi connectivity index (χ3n) is 7.83. The Balaban J connectivity index is 1.47. The average Bonchev–Trinajstić information content (AvgIpc) is 3.03. The molecule has 40 heavy (non-hydrogen) atoms. The fourth-order valence-corrected chi connectivity index (χ4v) is 5.87. The fraction of sp³-hybridized carbons (Fsp3) is 0. The summed E-state index contributed by atoms with van der Waals surface area (Å²) in [6.45, 7) is 0. The molecule has 0 radical (unpaired) electrons. The molecule has 0 unspecified atom stereocenters. The Kier molecular flexibility index (Phi) is 5.17. The van der Waals surface area contributed by atoms with Crippen LogP contribution < -0.4 is 0 Å². The van der Waals surface area contributed by atoms with E-state index in [0.29, 0.717) is 0 Å². The van der Waals surface area contributed by atoms with E-state index >= 15 is 0 Å². The number of fused-ring (bicyclic) bond motifs is 5. The molecule has 0 saturated heterocycles. The lowest BCUT2D eigenvalue weighted by Crippen LogP contribution is -1.98. The Labute approximate surface area is 232 Å². The minimum absolute atomic E-state index is 0.738. The summed E-state index contributed by atoms with van der Waals surface area (Å²) in [7, 11) is 0. The van der Waals surface area contributed by atoms with Gasteiger partial charge in [-0.1, -0.05) is 127 Å². The van der Waals surface area contributed by atoms with Crippen molar-refractivity contribution in [1.82, 2.24) is 9.97 Å². The predicted molar refractivity (Wildman–Crippen MR) is 168 cm³/mol. The first kappa shape index (κ1) is 22.6. The monoisotopic (exact) mass is 508 g/mol. The number of benzene rings is 7. The summed E-state index contributed by atoms with van der Waals surface area (Å²) < 4.78 is 0. The van der Waals surface area contributed by atoms with Crippen LogP contribution in [0.25, 0.3) is 77.0 Å². The van der Waals surface area contributed by atoms with Crippen LogP contribution in [0.2, 0.25) is 0 Å². The van der Waals surface area contributed by atoms with Gasteiger partial charge in [0.2, 0.25) is 0 Å². The van der Waals surface area contributed by atoms with Crippen LogP contribution in [0.15, 0.2) is 146 Å². The fourth-order valence-electron chi connectivity index (χ4n) is 5.87. The van der Waals surface area contributed by atoms with Crippen LogP contribution in [0.5, 0.6) is 0 Å². The van der Waals surface area contributed by atoms with Gasteiger partial charge in [0.1, 0.15) is 0 Å². The van der Waals surface area contributed by atoms with E-state index < -0.39 is 0 Å². The summed E-state index contributed by atoms with van der Waals surface area (Å²) in [5.41, 5.74) is 5.04. The quantitative estimate of drug-likeness (QED) is 0.175. The molecule has 1 aromatic heterocycles. The second-order valence-corrected chi connectivity index (χ2v) is 10.2. The molecule has 186 valence electrons. The van der Waals surface area contributed by atoms with Gasteiger partial charge in [0.25, 0.3) is 0 Å². The molecular formula is C38H24N2.